The third-order valence-electron chi connectivity index (χ3n) is 3.96. The summed E-state index contributed by atoms with van der Waals surface area (Å²) in [5, 5.41) is 14.8. The van der Waals surface area contributed by atoms with Gasteiger partial charge in [-0.05, 0) is 41.8 Å². The number of esters is 1. The Hall–Kier alpha value is -2.70. The zero-order chi connectivity index (χ0) is 16.4. The van der Waals surface area contributed by atoms with Crippen LogP contribution in [0.5, 0.6) is 0 Å². The van der Waals surface area contributed by atoms with Crippen molar-refractivity contribution in [2.24, 2.45) is 0 Å². The van der Waals surface area contributed by atoms with Gasteiger partial charge in [-0.3, -0.25) is 0 Å². The van der Waals surface area contributed by atoms with E-state index in [9.17, 15) is 4.79 Å². The molecule has 1 aromatic carbocycles. The molecule has 0 saturated carbocycles. The number of nitrogens with zero attached hydrogens (tertiary/aromatic N) is 4. The molecule has 120 valence electrons. The van der Waals surface area contributed by atoms with Crippen molar-refractivity contribution in [2.75, 3.05) is 11.9 Å². The topological polar surface area (TPSA) is 81.9 Å². The van der Waals surface area contributed by atoms with E-state index in [4.69, 9.17) is 4.74 Å². The fourth-order valence-electron chi connectivity index (χ4n) is 2.70. The number of anilines is 1. The summed E-state index contributed by atoms with van der Waals surface area (Å²) < 4.78 is 6.74. The minimum absolute atomic E-state index is 0.319. The van der Waals surface area contributed by atoms with Crippen molar-refractivity contribution in [3.8, 4) is 0 Å². The largest absolute Gasteiger partial charge is 0.463 e. The maximum atomic E-state index is 12.4. The Balaban J connectivity index is 2.06. The van der Waals surface area contributed by atoms with E-state index in [0.717, 1.165) is 12.0 Å². The number of carbonyl (C=O) groups excluding carboxylic acids is 1. The molecule has 2 heterocycles. The van der Waals surface area contributed by atoms with Crippen molar-refractivity contribution in [3.05, 3.63) is 41.0 Å². The lowest BCUT2D eigenvalue weighted by molar-refractivity contribution is -0.138. The number of aryl methyl sites for hydroxylation is 1. The highest BCUT2D eigenvalue weighted by Gasteiger charge is 2.33. The molecule has 2 aromatic rings. The Morgan fingerprint density at radius 1 is 1.30 bits per heavy atom. The SMILES string of the molecule is CCOC(=O)C1=C(C)n2nnnc2NC1c1ccc(CC)cc1. The maximum absolute atomic E-state index is 12.4. The average molecular weight is 313 g/mol. The van der Waals surface area contributed by atoms with Crippen LogP contribution < -0.4 is 5.32 Å². The quantitative estimate of drug-likeness (QED) is 0.871. The molecule has 0 saturated heterocycles. The number of ether oxygens (including phenoxy) is 1. The van der Waals surface area contributed by atoms with Crippen LogP contribution in [0.15, 0.2) is 29.8 Å². The number of nitrogens with one attached hydrogen (secondary N) is 1. The molecule has 7 heteroatoms. The van der Waals surface area contributed by atoms with Gasteiger partial charge in [-0.1, -0.05) is 36.3 Å². The van der Waals surface area contributed by atoms with Gasteiger partial charge in [0.1, 0.15) is 0 Å². The molecule has 0 spiro atoms. The van der Waals surface area contributed by atoms with Crippen molar-refractivity contribution in [1.29, 1.82) is 0 Å². The van der Waals surface area contributed by atoms with Gasteiger partial charge in [0.15, 0.2) is 0 Å². The summed E-state index contributed by atoms with van der Waals surface area (Å²) >= 11 is 0. The van der Waals surface area contributed by atoms with E-state index in [0.29, 0.717) is 23.8 Å². The number of carbonyl (C=O) groups is 1. The lowest BCUT2D eigenvalue weighted by atomic mass is 9.95. The molecular weight excluding hydrogens is 294 g/mol. The molecule has 0 fully saturated rings. The van der Waals surface area contributed by atoms with E-state index < -0.39 is 0 Å². The second-order valence-corrected chi connectivity index (χ2v) is 5.31. The Kier molecular flexibility index (Phi) is 4.10. The smallest absolute Gasteiger partial charge is 0.338 e. The van der Waals surface area contributed by atoms with Crippen LogP contribution in [0.4, 0.5) is 5.95 Å². The highest BCUT2D eigenvalue weighted by molar-refractivity contribution is 5.97. The molecule has 1 aliphatic rings. The number of allylic oxidation sites excluding steroid dienone is 1. The molecular formula is C16H19N5O2. The fraction of sp³-hybridized carbons (Fsp3) is 0.375. The van der Waals surface area contributed by atoms with Crippen molar-refractivity contribution >= 4 is 17.6 Å². The van der Waals surface area contributed by atoms with Crippen LogP contribution in [0.1, 0.15) is 37.9 Å². The summed E-state index contributed by atoms with van der Waals surface area (Å²) in [4.78, 5) is 12.4. The zero-order valence-corrected chi connectivity index (χ0v) is 13.4. The standard InChI is InChI=1S/C16H19N5O2/c1-4-11-6-8-12(9-7-11)14-13(15(22)23-5-2)10(3)21-16(17-14)18-19-20-21/h6-9,14H,4-5H2,1-3H3,(H,17,18,20). The number of rotatable bonds is 4. The van der Waals surface area contributed by atoms with Gasteiger partial charge in [-0.2, -0.15) is 4.68 Å². The van der Waals surface area contributed by atoms with Crippen LogP contribution in [0.2, 0.25) is 0 Å². The molecule has 7 nitrogen and oxygen atoms in total. The van der Waals surface area contributed by atoms with Crippen LogP contribution in [0, 0.1) is 0 Å². The number of fused-ring (bicyclic) bond motifs is 1. The van der Waals surface area contributed by atoms with Crippen molar-refractivity contribution in [2.45, 2.75) is 33.2 Å². The fourth-order valence-corrected chi connectivity index (χ4v) is 2.70. The molecule has 0 bridgehead atoms. The average Bonchev–Trinajstić information content (AvgIpc) is 3.04. The van der Waals surface area contributed by atoms with Gasteiger partial charge >= 0.3 is 5.97 Å². The minimum atomic E-state index is -0.358. The Morgan fingerprint density at radius 2 is 2.04 bits per heavy atom. The molecule has 0 aliphatic carbocycles. The highest BCUT2D eigenvalue weighted by atomic mass is 16.5. The van der Waals surface area contributed by atoms with Gasteiger partial charge < -0.3 is 10.1 Å². The van der Waals surface area contributed by atoms with E-state index >= 15 is 0 Å². The lowest BCUT2D eigenvalue weighted by Crippen LogP contribution is -2.28. The van der Waals surface area contributed by atoms with Gasteiger partial charge in [-0.15, -0.1) is 0 Å². The molecule has 1 atom stereocenters. The summed E-state index contributed by atoms with van der Waals surface area (Å²) in [5.41, 5.74) is 3.41. The molecule has 1 unspecified atom stereocenters. The first-order valence-corrected chi connectivity index (χ1v) is 7.67. The number of tetrazole rings is 1. The zero-order valence-electron chi connectivity index (χ0n) is 13.4. The third-order valence-corrected chi connectivity index (χ3v) is 3.96. The molecule has 23 heavy (non-hydrogen) atoms. The Labute approximate surface area is 134 Å². The van der Waals surface area contributed by atoms with Crippen LogP contribution in [-0.2, 0) is 16.0 Å². The van der Waals surface area contributed by atoms with Gasteiger partial charge in [0, 0.05) is 0 Å². The number of hydrogen-bond donors (Lipinski definition) is 1. The van der Waals surface area contributed by atoms with Gasteiger partial charge in [-0.25, -0.2) is 4.79 Å². The van der Waals surface area contributed by atoms with E-state index in [1.165, 1.54) is 10.2 Å². The number of benzene rings is 1. The van der Waals surface area contributed by atoms with Crippen LogP contribution in [-0.4, -0.2) is 32.8 Å². The second-order valence-electron chi connectivity index (χ2n) is 5.31. The summed E-state index contributed by atoms with van der Waals surface area (Å²) in [7, 11) is 0. The van der Waals surface area contributed by atoms with Crippen LogP contribution in [0.3, 0.4) is 0 Å². The van der Waals surface area contributed by atoms with Gasteiger partial charge in [0.05, 0.1) is 23.9 Å². The monoisotopic (exact) mass is 313 g/mol. The van der Waals surface area contributed by atoms with E-state index in [1.54, 1.807) is 6.92 Å². The summed E-state index contributed by atoms with van der Waals surface area (Å²) in [5.74, 6) is 0.156. The molecule has 0 amide bonds. The third kappa shape index (κ3) is 2.69. The first kappa shape index (κ1) is 15.2. The predicted octanol–water partition coefficient (Wildman–Crippen LogP) is 2.20. The number of aromatic nitrogens is 4. The van der Waals surface area contributed by atoms with Crippen molar-refractivity contribution in [3.63, 3.8) is 0 Å². The molecule has 1 N–H and O–H groups in total. The molecule has 1 aliphatic heterocycles. The second kappa shape index (κ2) is 6.20. The van der Waals surface area contributed by atoms with Crippen LogP contribution >= 0.6 is 0 Å². The molecule has 3 rings (SSSR count). The lowest BCUT2D eigenvalue weighted by Gasteiger charge is -2.27. The molecule has 0 radical (unpaired) electrons. The van der Waals surface area contributed by atoms with Gasteiger partial charge in [0.2, 0.25) is 5.95 Å². The summed E-state index contributed by atoms with van der Waals surface area (Å²) in [6, 6.07) is 7.82. The first-order valence-electron chi connectivity index (χ1n) is 7.67. The van der Waals surface area contributed by atoms with Crippen molar-refractivity contribution < 1.29 is 9.53 Å². The Bertz CT molecular complexity index is 748. The molecule has 1 aromatic heterocycles. The van der Waals surface area contributed by atoms with Crippen molar-refractivity contribution in [1.82, 2.24) is 20.2 Å². The summed E-state index contributed by atoms with van der Waals surface area (Å²) in [6.45, 7) is 6.04. The van der Waals surface area contributed by atoms with Gasteiger partial charge in [0.25, 0.3) is 0 Å². The summed E-state index contributed by atoms with van der Waals surface area (Å²) in [6.07, 6.45) is 0.968. The Morgan fingerprint density at radius 3 is 2.70 bits per heavy atom. The van der Waals surface area contributed by atoms with E-state index in [2.05, 4.69) is 39.9 Å². The minimum Gasteiger partial charge on any atom is -0.463 e. The van der Waals surface area contributed by atoms with Crippen LogP contribution in [0.25, 0.3) is 5.70 Å². The van der Waals surface area contributed by atoms with E-state index in [1.807, 2.05) is 19.1 Å². The highest BCUT2D eigenvalue weighted by Crippen LogP contribution is 2.35. The van der Waals surface area contributed by atoms with E-state index in [-0.39, 0.29) is 12.0 Å². The number of hydrogen-bond acceptors (Lipinski definition) is 6. The maximum Gasteiger partial charge on any atom is 0.338 e. The normalized spacial score (nSPS) is 16.7. The first-order chi connectivity index (χ1) is 11.2. The predicted molar refractivity (Wildman–Crippen MR) is 85.5 cm³/mol.